The van der Waals surface area contributed by atoms with Gasteiger partial charge >= 0.3 is 12.2 Å². The Morgan fingerprint density at radius 2 is 1.77 bits per heavy atom. The number of amides is 3. The van der Waals surface area contributed by atoms with Crippen LogP contribution >= 0.6 is 0 Å². The van der Waals surface area contributed by atoms with E-state index in [9.17, 15) is 22.8 Å². The molecular weight excluding hydrogens is 299 g/mol. The van der Waals surface area contributed by atoms with E-state index in [1.807, 2.05) is 0 Å². The molecule has 0 aromatic heterocycles. The summed E-state index contributed by atoms with van der Waals surface area (Å²) in [5.41, 5.74) is 0. The van der Waals surface area contributed by atoms with Crippen LogP contribution in [-0.4, -0.2) is 48.7 Å². The molecular formula is C14H22F3N3O2. The van der Waals surface area contributed by atoms with Gasteiger partial charge in [-0.25, -0.2) is 4.79 Å². The van der Waals surface area contributed by atoms with E-state index in [0.29, 0.717) is 19.5 Å². The molecule has 3 amide bonds. The van der Waals surface area contributed by atoms with Crippen LogP contribution in [0, 0.1) is 5.92 Å². The summed E-state index contributed by atoms with van der Waals surface area (Å²) in [4.78, 5) is 25.5. The van der Waals surface area contributed by atoms with Gasteiger partial charge in [0.1, 0.15) is 6.54 Å². The number of urea groups is 1. The van der Waals surface area contributed by atoms with Crippen molar-refractivity contribution in [3.63, 3.8) is 0 Å². The van der Waals surface area contributed by atoms with Gasteiger partial charge in [0, 0.05) is 25.0 Å². The predicted octanol–water partition coefficient (Wildman–Crippen LogP) is 2.03. The van der Waals surface area contributed by atoms with Crippen LogP contribution < -0.4 is 10.6 Å². The van der Waals surface area contributed by atoms with Crippen molar-refractivity contribution >= 4 is 11.9 Å². The van der Waals surface area contributed by atoms with E-state index in [-0.39, 0.29) is 17.9 Å². The zero-order valence-electron chi connectivity index (χ0n) is 12.4. The predicted molar refractivity (Wildman–Crippen MR) is 74.1 cm³/mol. The lowest BCUT2D eigenvalue weighted by molar-refractivity contribution is -0.135. The monoisotopic (exact) mass is 321 g/mol. The van der Waals surface area contributed by atoms with Gasteiger partial charge < -0.3 is 15.5 Å². The summed E-state index contributed by atoms with van der Waals surface area (Å²) in [7, 11) is 0. The minimum atomic E-state index is -4.42. The molecule has 1 atom stereocenters. The van der Waals surface area contributed by atoms with Crippen molar-refractivity contribution in [3.8, 4) is 0 Å². The lowest BCUT2D eigenvalue weighted by Gasteiger charge is -2.26. The van der Waals surface area contributed by atoms with Gasteiger partial charge in [0.15, 0.2) is 0 Å². The summed E-state index contributed by atoms with van der Waals surface area (Å²) < 4.78 is 36.0. The molecule has 0 aromatic carbocycles. The first-order valence-corrected chi connectivity index (χ1v) is 7.75. The number of carbonyl (C=O) groups is 2. The number of nitrogens with zero attached hydrogens (tertiary/aromatic N) is 1. The van der Waals surface area contributed by atoms with Gasteiger partial charge in [-0.3, -0.25) is 4.79 Å². The Kier molecular flexibility index (Phi) is 5.52. The van der Waals surface area contributed by atoms with E-state index in [4.69, 9.17) is 0 Å². The maximum absolute atomic E-state index is 12.3. The first-order chi connectivity index (χ1) is 10.3. The number of hydrogen-bond acceptors (Lipinski definition) is 2. The average molecular weight is 321 g/mol. The SMILES string of the molecule is O=C(NCC(F)(F)F)N[C@@H]1CCN(C(=O)C2CCCCC2)C1. The highest BCUT2D eigenvalue weighted by molar-refractivity contribution is 5.79. The number of likely N-dealkylation sites (tertiary alicyclic amines) is 1. The van der Waals surface area contributed by atoms with E-state index < -0.39 is 18.8 Å². The Morgan fingerprint density at radius 1 is 1.09 bits per heavy atom. The van der Waals surface area contributed by atoms with Gasteiger partial charge in [-0.15, -0.1) is 0 Å². The second kappa shape index (κ2) is 7.19. The van der Waals surface area contributed by atoms with Gasteiger partial charge in [0.05, 0.1) is 0 Å². The molecule has 0 unspecified atom stereocenters. The zero-order chi connectivity index (χ0) is 16.2. The van der Waals surface area contributed by atoms with Gasteiger partial charge in [-0.05, 0) is 19.3 Å². The van der Waals surface area contributed by atoms with Crippen LogP contribution in [0.3, 0.4) is 0 Å². The summed E-state index contributed by atoms with van der Waals surface area (Å²) in [6.07, 6.45) is 1.32. The molecule has 0 aromatic rings. The first kappa shape index (κ1) is 16.9. The molecule has 1 saturated carbocycles. The molecule has 1 saturated heterocycles. The summed E-state index contributed by atoms with van der Waals surface area (Å²) in [5, 5.41) is 4.27. The Labute approximate surface area is 127 Å². The van der Waals surface area contributed by atoms with Crippen molar-refractivity contribution in [3.05, 3.63) is 0 Å². The second-order valence-electron chi connectivity index (χ2n) is 6.05. The van der Waals surface area contributed by atoms with Gasteiger partial charge in [0.25, 0.3) is 0 Å². The number of nitrogens with one attached hydrogen (secondary N) is 2. The van der Waals surface area contributed by atoms with Crippen LogP contribution in [-0.2, 0) is 4.79 Å². The Morgan fingerprint density at radius 3 is 2.41 bits per heavy atom. The van der Waals surface area contributed by atoms with Gasteiger partial charge in [-0.2, -0.15) is 13.2 Å². The number of rotatable bonds is 3. The van der Waals surface area contributed by atoms with E-state index in [0.717, 1.165) is 25.7 Å². The van der Waals surface area contributed by atoms with E-state index >= 15 is 0 Å². The fourth-order valence-corrected chi connectivity index (χ4v) is 3.10. The number of hydrogen-bond donors (Lipinski definition) is 2. The largest absolute Gasteiger partial charge is 0.405 e. The fourth-order valence-electron chi connectivity index (χ4n) is 3.10. The minimum absolute atomic E-state index is 0.0755. The van der Waals surface area contributed by atoms with Crippen molar-refractivity contribution in [1.29, 1.82) is 0 Å². The quantitative estimate of drug-likeness (QED) is 0.835. The summed E-state index contributed by atoms with van der Waals surface area (Å²) in [5.74, 6) is 0.200. The fraction of sp³-hybridized carbons (Fsp3) is 0.857. The molecule has 2 fully saturated rings. The van der Waals surface area contributed by atoms with Crippen LogP contribution in [0.15, 0.2) is 0 Å². The molecule has 2 N–H and O–H groups in total. The third-order valence-corrected chi connectivity index (χ3v) is 4.24. The molecule has 0 spiro atoms. The Hall–Kier alpha value is -1.47. The average Bonchev–Trinajstić information content (AvgIpc) is 2.93. The van der Waals surface area contributed by atoms with Crippen LogP contribution in [0.4, 0.5) is 18.0 Å². The lowest BCUT2D eigenvalue weighted by Crippen LogP contribution is -2.46. The third-order valence-electron chi connectivity index (χ3n) is 4.24. The Balaban J connectivity index is 1.73. The normalized spacial score (nSPS) is 23.4. The van der Waals surface area contributed by atoms with Crippen molar-refractivity contribution in [1.82, 2.24) is 15.5 Å². The van der Waals surface area contributed by atoms with Crippen LogP contribution in [0.5, 0.6) is 0 Å². The second-order valence-corrected chi connectivity index (χ2v) is 6.05. The highest BCUT2D eigenvalue weighted by atomic mass is 19.4. The van der Waals surface area contributed by atoms with E-state index in [1.165, 1.54) is 6.42 Å². The van der Waals surface area contributed by atoms with Crippen molar-refractivity contribution in [2.75, 3.05) is 19.6 Å². The number of halogens is 3. The standard InChI is InChI=1S/C14H22F3N3O2/c15-14(16,17)9-18-13(22)19-11-6-7-20(8-11)12(21)10-4-2-1-3-5-10/h10-11H,1-9H2,(H2,18,19,22)/t11-/m1/s1. The summed E-state index contributed by atoms with van der Waals surface area (Å²) >= 11 is 0. The molecule has 0 bridgehead atoms. The van der Waals surface area contributed by atoms with Crippen LogP contribution in [0.2, 0.25) is 0 Å². The smallest absolute Gasteiger partial charge is 0.340 e. The van der Waals surface area contributed by atoms with Gasteiger partial charge in [0.2, 0.25) is 5.91 Å². The number of alkyl halides is 3. The van der Waals surface area contributed by atoms with E-state index in [1.54, 1.807) is 10.2 Å². The molecule has 1 aliphatic heterocycles. The van der Waals surface area contributed by atoms with Crippen molar-refractivity contribution in [2.45, 2.75) is 50.7 Å². The van der Waals surface area contributed by atoms with Crippen LogP contribution in [0.25, 0.3) is 0 Å². The molecule has 126 valence electrons. The van der Waals surface area contributed by atoms with E-state index in [2.05, 4.69) is 5.32 Å². The third kappa shape index (κ3) is 5.06. The number of carbonyl (C=O) groups excluding carboxylic acids is 2. The lowest BCUT2D eigenvalue weighted by atomic mass is 9.88. The molecule has 2 rings (SSSR count). The van der Waals surface area contributed by atoms with Gasteiger partial charge in [-0.1, -0.05) is 19.3 Å². The zero-order valence-corrected chi connectivity index (χ0v) is 12.4. The summed E-state index contributed by atoms with van der Waals surface area (Å²) in [6.45, 7) is -0.412. The molecule has 22 heavy (non-hydrogen) atoms. The first-order valence-electron chi connectivity index (χ1n) is 7.75. The minimum Gasteiger partial charge on any atom is -0.340 e. The topological polar surface area (TPSA) is 61.4 Å². The molecule has 1 aliphatic carbocycles. The molecule has 8 heteroatoms. The summed E-state index contributed by atoms with van der Waals surface area (Å²) in [6, 6.07) is -1.12. The maximum atomic E-state index is 12.3. The molecule has 5 nitrogen and oxygen atoms in total. The van der Waals surface area contributed by atoms with Crippen molar-refractivity contribution in [2.24, 2.45) is 5.92 Å². The van der Waals surface area contributed by atoms with Crippen molar-refractivity contribution < 1.29 is 22.8 Å². The highest BCUT2D eigenvalue weighted by Gasteiger charge is 2.33. The molecule has 1 heterocycles. The molecule has 0 radical (unpaired) electrons. The van der Waals surface area contributed by atoms with Crippen LogP contribution in [0.1, 0.15) is 38.5 Å². The molecule has 2 aliphatic rings. The maximum Gasteiger partial charge on any atom is 0.405 e. The Bertz CT molecular complexity index is 409. The highest BCUT2D eigenvalue weighted by Crippen LogP contribution is 2.26.